The smallest absolute Gasteiger partial charge is 0.371 e. The predicted molar refractivity (Wildman–Crippen MR) is 51.5 cm³/mol. The molecule has 0 bridgehead atoms. The van der Waals surface area contributed by atoms with Gasteiger partial charge in [0.15, 0.2) is 5.75 Å². The number of nitro benzene ring substituents is 1. The fourth-order valence-corrected chi connectivity index (χ4v) is 1.36. The molecule has 1 aromatic carbocycles. The average Bonchev–Trinajstić information content (AvgIpc) is 2.60. The molecule has 1 heterocycles. The van der Waals surface area contributed by atoms with E-state index in [1.165, 1.54) is 6.07 Å². The molecule has 2 aromatic rings. The molecule has 0 aliphatic rings. The second kappa shape index (κ2) is 3.23. The molecule has 16 heavy (non-hydrogen) atoms. The maximum atomic E-state index is 10.7. The number of phenols is 1. The molecule has 2 rings (SSSR count). The maximum Gasteiger partial charge on any atom is 0.371 e. The first kappa shape index (κ1) is 9.97. The van der Waals surface area contributed by atoms with Gasteiger partial charge in [-0.05, 0) is 18.2 Å². The van der Waals surface area contributed by atoms with Crippen LogP contribution in [0.1, 0.15) is 10.6 Å². The molecule has 0 saturated carbocycles. The van der Waals surface area contributed by atoms with E-state index in [2.05, 4.69) is 0 Å². The number of aromatic hydroxyl groups is 1. The lowest BCUT2D eigenvalue weighted by molar-refractivity contribution is -0.384. The molecule has 7 heteroatoms. The molecule has 0 fully saturated rings. The number of furan rings is 1. The number of phenolic OH excluding ortho intramolecular Hbond substituents is 1. The number of nitrogens with zero attached hydrogens (tertiary/aromatic N) is 1. The van der Waals surface area contributed by atoms with Crippen molar-refractivity contribution < 1.29 is 24.3 Å². The summed E-state index contributed by atoms with van der Waals surface area (Å²) in [6.45, 7) is 0. The van der Waals surface area contributed by atoms with Crippen LogP contribution in [-0.4, -0.2) is 21.1 Å². The Balaban J connectivity index is 2.82. The lowest BCUT2D eigenvalue weighted by Crippen LogP contribution is -1.91. The van der Waals surface area contributed by atoms with E-state index in [1.807, 2.05) is 0 Å². The summed E-state index contributed by atoms with van der Waals surface area (Å²) in [5.41, 5.74) is -0.882. The Hall–Kier alpha value is -2.57. The maximum absolute atomic E-state index is 10.7. The summed E-state index contributed by atoms with van der Waals surface area (Å²) >= 11 is 0. The number of nitro groups is 1. The highest BCUT2D eigenvalue weighted by Crippen LogP contribution is 2.35. The van der Waals surface area contributed by atoms with Crippen LogP contribution in [0.3, 0.4) is 0 Å². The van der Waals surface area contributed by atoms with Gasteiger partial charge in [-0.1, -0.05) is 0 Å². The number of benzene rings is 1. The van der Waals surface area contributed by atoms with Gasteiger partial charge in [-0.2, -0.15) is 0 Å². The van der Waals surface area contributed by atoms with Gasteiger partial charge in [0.2, 0.25) is 11.3 Å². The lowest BCUT2D eigenvalue weighted by Gasteiger charge is -1.95. The van der Waals surface area contributed by atoms with Crippen molar-refractivity contribution in [1.82, 2.24) is 0 Å². The van der Waals surface area contributed by atoms with E-state index in [1.54, 1.807) is 0 Å². The van der Waals surface area contributed by atoms with Gasteiger partial charge in [-0.3, -0.25) is 10.1 Å². The van der Waals surface area contributed by atoms with Crippen molar-refractivity contribution >= 4 is 22.6 Å². The Morgan fingerprint density at radius 1 is 1.44 bits per heavy atom. The summed E-state index contributed by atoms with van der Waals surface area (Å²) in [5.74, 6) is -2.31. The minimum Gasteiger partial charge on any atom is -0.502 e. The fraction of sp³-hybridized carbons (Fsp3) is 0. The third kappa shape index (κ3) is 1.34. The van der Waals surface area contributed by atoms with Crippen LogP contribution >= 0.6 is 0 Å². The van der Waals surface area contributed by atoms with Crippen LogP contribution in [0.2, 0.25) is 0 Å². The summed E-state index contributed by atoms with van der Waals surface area (Å²) in [5, 5.41) is 28.8. The van der Waals surface area contributed by atoms with Crippen LogP contribution in [0.25, 0.3) is 11.0 Å². The molecule has 7 nitrogen and oxygen atoms in total. The number of carbonyl (C=O) groups is 1. The van der Waals surface area contributed by atoms with E-state index in [0.29, 0.717) is 0 Å². The molecule has 0 spiro atoms. The zero-order valence-corrected chi connectivity index (χ0v) is 7.71. The van der Waals surface area contributed by atoms with Gasteiger partial charge in [0.25, 0.3) is 0 Å². The van der Waals surface area contributed by atoms with E-state index in [-0.39, 0.29) is 11.0 Å². The highest BCUT2D eigenvalue weighted by atomic mass is 16.6. The quantitative estimate of drug-likeness (QED) is 0.592. The Bertz CT molecular complexity index is 599. The number of rotatable bonds is 2. The Morgan fingerprint density at radius 2 is 2.12 bits per heavy atom. The Kier molecular flexibility index (Phi) is 2.01. The van der Waals surface area contributed by atoms with Crippen molar-refractivity contribution in [3.63, 3.8) is 0 Å². The highest BCUT2D eigenvalue weighted by Gasteiger charge is 2.23. The number of fused-ring (bicyclic) bond motifs is 1. The molecule has 0 radical (unpaired) electrons. The molecule has 0 aliphatic carbocycles. The Morgan fingerprint density at radius 3 is 2.69 bits per heavy atom. The van der Waals surface area contributed by atoms with Crippen LogP contribution in [0, 0.1) is 10.1 Å². The molecule has 82 valence electrons. The van der Waals surface area contributed by atoms with Crippen molar-refractivity contribution in [3.8, 4) is 5.75 Å². The molecule has 0 unspecified atom stereocenters. The first-order valence-electron chi connectivity index (χ1n) is 4.14. The zero-order chi connectivity index (χ0) is 11.9. The number of hydrogen-bond acceptors (Lipinski definition) is 5. The second-order valence-corrected chi connectivity index (χ2v) is 3.02. The molecular formula is C9H5NO6. The highest BCUT2D eigenvalue weighted by molar-refractivity contribution is 5.95. The largest absolute Gasteiger partial charge is 0.502 e. The van der Waals surface area contributed by atoms with Crippen molar-refractivity contribution in [3.05, 3.63) is 34.1 Å². The summed E-state index contributed by atoms with van der Waals surface area (Å²) < 4.78 is 4.80. The van der Waals surface area contributed by atoms with Crippen LogP contribution < -0.4 is 0 Å². The molecule has 2 N–H and O–H groups in total. The number of aromatic carboxylic acids is 1. The minimum absolute atomic E-state index is 0.248. The van der Waals surface area contributed by atoms with E-state index in [4.69, 9.17) is 9.52 Å². The minimum atomic E-state index is -1.33. The van der Waals surface area contributed by atoms with Crippen molar-refractivity contribution in [1.29, 1.82) is 0 Å². The molecule has 0 aliphatic heterocycles. The Labute approximate surface area is 87.7 Å². The first-order chi connectivity index (χ1) is 7.50. The molecule has 1 aromatic heterocycles. The monoisotopic (exact) mass is 223 g/mol. The van der Waals surface area contributed by atoms with E-state index >= 15 is 0 Å². The summed E-state index contributed by atoms with van der Waals surface area (Å²) in [7, 11) is 0. The van der Waals surface area contributed by atoms with Crippen molar-refractivity contribution in [2.75, 3.05) is 0 Å². The molecule has 0 amide bonds. The normalized spacial score (nSPS) is 10.5. The SMILES string of the molecule is O=C(O)c1cc2ccc(O)c([N+](=O)[O-])c2o1. The van der Waals surface area contributed by atoms with Crippen molar-refractivity contribution in [2.24, 2.45) is 0 Å². The average molecular weight is 223 g/mol. The molecule has 0 saturated heterocycles. The van der Waals surface area contributed by atoms with Gasteiger partial charge in [-0.25, -0.2) is 4.79 Å². The topological polar surface area (TPSA) is 114 Å². The number of carboxylic acids is 1. The van der Waals surface area contributed by atoms with Gasteiger partial charge in [0.05, 0.1) is 4.92 Å². The zero-order valence-electron chi connectivity index (χ0n) is 7.71. The standard InChI is InChI=1S/C9H5NO6/c11-5-2-1-4-3-6(9(12)13)16-8(4)7(5)10(14)15/h1-3,11H,(H,12,13). The van der Waals surface area contributed by atoms with Gasteiger partial charge in [-0.15, -0.1) is 0 Å². The number of hydrogen-bond donors (Lipinski definition) is 2. The van der Waals surface area contributed by atoms with Gasteiger partial charge >= 0.3 is 11.7 Å². The van der Waals surface area contributed by atoms with Gasteiger partial charge in [0, 0.05) is 5.39 Å². The predicted octanol–water partition coefficient (Wildman–Crippen LogP) is 1.74. The van der Waals surface area contributed by atoms with E-state index in [9.17, 15) is 20.0 Å². The summed E-state index contributed by atoms with van der Waals surface area (Å²) in [4.78, 5) is 20.4. The lowest BCUT2D eigenvalue weighted by atomic mass is 10.2. The molecular weight excluding hydrogens is 218 g/mol. The van der Waals surface area contributed by atoms with Crippen molar-refractivity contribution in [2.45, 2.75) is 0 Å². The van der Waals surface area contributed by atoms with Gasteiger partial charge < -0.3 is 14.6 Å². The van der Waals surface area contributed by atoms with Gasteiger partial charge in [0.1, 0.15) is 0 Å². The number of carboxylic acid groups (broad SMARTS) is 1. The summed E-state index contributed by atoms with van der Waals surface area (Å²) in [6, 6.07) is 3.61. The van der Waals surface area contributed by atoms with Crippen LogP contribution in [0.5, 0.6) is 5.75 Å². The van der Waals surface area contributed by atoms with Crippen LogP contribution in [-0.2, 0) is 0 Å². The van der Waals surface area contributed by atoms with Crippen LogP contribution in [0.15, 0.2) is 22.6 Å². The summed E-state index contributed by atoms with van der Waals surface area (Å²) in [6.07, 6.45) is 0. The third-order valence-corrected chi connectivity index (χ3v) is 2.03. The fourth-order valence-electron chi connectivity index (χ4n) is 1.36. The van der Waals surface area contributed by atoms with Crippen LogP contribution in [0.4, 0.5) is 5.69 Å². The van der Waals surface area contributed by atoms with E-state index in [0.717, 1.165) is 12.1 Å². The second-order valence-electron chi connectivity index (χ2n) is 3.02. The first-order valence-corrected chi connectivity index (χ1v) is 4.14. The molecule has 0 atom stereocenters. The third-order valence-electron chi connectivity index (χ3n) is 2.03. The van der Waals surface area contributed by atoms with E-state index < -0.39 is 28.1 Å².